The van der Waals surface area contributed by atoms with Crippen LogP contribution in [0.1, 0.15) is 21.5 Å². The first-order valence-electron chi connectivity index (χ1n) is 6.30. The van der Waals surface area contributed by atoms with Gasteiger partial charge in [-0.1, -0.05) is 12.1 Å². The predicted molar refractivity (Wildman–Crippen MR) is 75.4 cm³/mol. The topological polar surface area (TPSA) is 55.8 Å². The van der Waals surface area contributed by atoms with Crippen molar-refractivity contribution in [3.8, 4) is 11.5 Å². The molecule has 110 valence electrons. The molecule has 0 saturated carbocycles. The number of methoxy groups -OCH3 is 1. The van der Waals surface area contributed by atoms with Gasteiger partial charge in [-0.2, -0.15) is 0 Å². The lowest BCUT2D eigenvalue weighted by Crippen LogP contribution is -2.03. The zero-order chi connectivity index (χ0) is 15.4. The van der Waals surface area contributed by atoms with Crippen molar-refractivity contribution >= 4 is 5.97 Å². The predicted octanol–water partition coefficient (Wildman–Crippen LogP) is 3.42. The monoisotopic (exact) mass is 290 g/mol. The van der Waals surface area contributed by atoms with Crippen LogP contribution in [0.2, 0.25) is 0 Å². The Bertz CT molecular complexity index is 667. The van der Waals surface area contributed by atoms with Crippen LogP contribution < -0.4 is 9.47 Å². The molecule has 2 rings (SSSR count). The van der Waals surface area contributed by atoms with Gasteiger partial charge in [0.05, 0.1) is 7.11 Å². The number of hydrogen-bond donors (Lipinski definition) is 1. The van der Waals surface area contributed by atoms with Crippen molar-refractivity contribution in [2.75, 3.05) is 7.11 Å². The van der Waals surface area contributed by atoms with Crippen LogP contribution in [0.4, 0.5) is 4.39 Å². The molecule has 1 N–H and O–H groups in total. The van der Waals surface area contributed by atoms with Crippen molar-refractivity contribution in [2.45, 2.75) is 13.5 Å². The number of carboxylic acid groups (broad SMARTS) is 1. The van der Waals surface area contributed by atoms with Crippen LogP contribution in [-0.4, -0.2) is 18.2 Å². The quantitative estimate of drug-likeness (QED) is 0.916. The van der Waals surface area contributed by atoms with Crippen LogP contribution in [-0.2, 0) is 6.61 Å². The highest BCUT2D eigenvalue weighted by Crippen LogP contribution is 2.23. The molecule has 2 aromatic rings. The molecule has 0 bridgehead atoms. The van der Waals surface area contributed by atoms with Gasteiger partial charge in [-0.05, 0) is 36.2 Å². The highest BCUT2D eigenvalue weighted by molar-refractivity contribution is 5.90. The Morgan fingerprint density at radius 2 is 1.95 bits per heavy atom. The van der Waals surface area contributed by atoms with Gasteiger partial charge in [-0.15, -0.1) is 0 Å². The van der Waals surface area contributed by atoms with Crippen LogP contribution in [0, 0.1) is 12.7 Å². The van der Waals surface area contributed by atoms with Gasteiger partial charge in [-0.25, -0.2) is 9.18 Å². The first-order chi connectivity index (χ1) is 10.0. The molecule has 0 aliphatic carbocycles. The van der Waals surface area contributed by atoms with E-state index in [4.69, 9.17) is 14.6 Å². The van der Waals surface area contributed by atoms with Crippen molar-refractivity contribution in [1.29, 1.82) is 0 Å². The molecule has 0 amide bonds. The van der Waals surface area contributed by atoms with Crippen molar-refractivity contribution in [2.24, 2.45) is 0 Å². The molecule has 0 aliphatic rings. The third-order valence-electron chi connectivity index (χ3n) is 3.04. The van der Waals surface area contributed by atoms with E-state index < -0.39 is 5.97 Å². The van der Waals surface area contributed by atoms with E-state index in [0.717, 1.165) is 11.1 Å². The van der Waals surface area contributed by atoms with Crippen molar-refractivity contribution in [3.05, 3.63) is 58.9 Å². The van der Waals surface area contributed by atoms with Gasteiger partial charge in [0.2, 0.25) is 0 Å². The Kier molecular flexibility index (Phi) is 4.42. The fourth-order valence-electron chi connectivity index (χ4n) is 1.89. The Morgan fingerprint density at radius 3 is 2.62 bits per heavy atom. The molecule has 0 aromatic heterocycles. The van der Waals surface area contributed by atoms with Crippen molar-refractivity contribution < 1.29 is 23.8 Å². The maximum absolute atomic E-state index is 13.2. The lowest BCUT2D eigenvalue weighted by molar-refractivity contribution is 0.0693. The first-order valence-corrected chi connectivity index (χ1v) is 6.30. The van der Waals surface area contributed by atoms with Crippen LogP contribution in [0.5, 0.6) is 11.5 Å². The van der Waals surface area contributed by atoms with Gasteiger partial charge in [0.25, 0.3) is 0 Å². The normalized spacial score (nSPS) is 10.2. The lowest BCUT2D eigenvalue weighted by Gasteiger charge is -2.11. The minimum absolute atomic E-state index is 0.0863. The first kappa shape index (κ1) is 14.8. The van der Waals surface area contributed by atoms with Gasteiger partial charge in [0.1, 0.15) is 29.5 Å². The number of hydrogen-bond acceptors (Lipinski definition) is 3. The average Bonchev–Trinajstić information content (AvgIpc) is 2.47. The van der Waals surface area contributed by atoms with E-state index in [-0.39, 0.29) is 23.7 Å². The summed E-state index contributed by atoms with van der Waals surface area (Å²) in [5.41, 5.74) is 1.65. The van der Waals surface area contributed by atoms with Crippen LogP contribution in [0.15, 0.2) is 36.4 Å². The molecule has 2 aromatic carbocycles. The Balaban J connectivity index is 2.17. The summed E-state index contributed by atoms with van der Waals surface area (Å²) < 4.78 is 23.8. The highest BCUT2D eigenvalue weighted by atomic mass is 19.1. The van der Waals surface area contributed by atoms with E-state index in [1.54, 1.807) is 18.2 Å². The summed E-state index contributed by atoms with van der Waals surface area (Å²) in [5, 5.41) is 9.01. The Labute approximate surface area is 121 Å². The molecule has 0 heterocycles. The summed E-state index contributed by atoms with van der Waals surface area (Å²) in [6.07, 6.45) is 0. The zero-order valence-electron chi connectivity index (χ0n) is 11.7. The molecule has 0 radical (unpaired) electrons. The summed E-state index contributed by atoms with van der Waals surface area (Å²) in [4.78, 5) is 11.0. The van der Waals surface area contributed by atoms with Gasteiger partial charge in [0.15, 0.2) is 0 Å². The number of aromatic carboxylic acids is 1. The number of carboxylic acids is 1. The summed E-state index contributed by atoms with van der Waals surface area (Å²) in [7, 11) is 1.41. The Morgan fingerprint density at radius 1 is 1.19 bits per heavy atom. The van der Waals surface area contributed by atoms with Crippen molar-refractivity contribution in [3.63, 3.8) is 0 Å². The van der Waals surface area contributed by atoms with E-state index in [2.05, 4.69) is 0 Å². The molecule has 21 heavy (non-hydrogen) atoms. The largest absolute Gasteiger partial charge is 0.496 e. The smallest absolute Gasteiger partial charge is 0.339 e. The number of benzene rings is 2. The maximum Gasteiger partial charge on any atom is 0.339 e. The summed E-state index contributed by atoms with van der Waals surface area (Å²) in [6.45, 7) is 2.02. The van der Waals surface area contributed by atoms with Gasteiger partial charge < -0.3 is 14.6 Å². The molecule has 0 fully saturated rings. The minimum atomic E-state index is -1.06. The Hall–Kier alpha value is -2.56. The standard InChI is InChI=1S/C16H15FO4/c1-10-3-5-12(17)8-14(10)21-9-11-4-6-13(16(18)19)15(7-11)20-2/h3-8H,9H2,1-2H3,(H,18,19). The van der Waals surface area contributed by atoms with E-state index >= 15 is 0 Å². The molecule has 5 heteroatoms. The molecule has 0 aliphatic heterocycles. The van der Waals surface area contributed by atoms with Gasteiger partial charge in [-0.3, -0.25) is 0 Å². The average molecular weight is 290 g/mol. The second-order valence-electron chi connectivity index (χ2n) is 4.54. The third kappa shape index (κ3) is 3.51. The zero-order valence-corrected chi connectivity index (χ0v) is 11.7. The lowest BCUT2D eigenvalue weighted by atomic mass is 10.1. The fraction of sp³-hybridized carbons (Fsp3) is 0.188. The molecular formula is C16H15FO4. The second kappa shape index (κ2) is 6.26. The molecule has 4 nitrogen and oxygen atoms in total. The fourth-order valence-corrected chi connectivity index (χ4v) is 1.89. The molecule has 0 spiro atoms. The van der Waals surface area contributed by atoms with E-state index in [9.17, 15) is 9.18 Å². The number of halogens is 1. The van der Waals surface area contributed by atoms with Gasteiger partial charge in [0, 0.05) is 6.07 Å². The number of carbonyl (C=O) groups is 1. The van der Waals surface area contributed by atoms with Gasteiger partial charge >= 0.3 is 5.97 Å². The molecule has 0 atom stereocenters. The third-order valence-corrected chi connectivity index (χ3v) is 3.04. The number of aryl methyl sites for hydroxylation is 1. The SMILES string of the molecule is COc1cc(COc2cc(F)ccc2C)ccc1C(=O)O. The van der Waals surface area contributed by atoms with Crippen molar-refractivity contribution in [1.82, 2.24) is 0 Å². The van der Waals surface area contributed by atoms with E-state index in [0.29, 0.717) is 5.75 Å². The second-order valence-corrected chi connectivity index (χ2v) is 4.54. The van der Waals surface area contributed by atoms with E-state index in [1.807, 2.05) is 6.92 Å². The molecule has 0 unspecified atom stereocenters. The maximum atomic E-state index is 13.2. The highest BCUT2D eigenvalue weighted by Gasteiger charge is 2.11. The minimum Gasteiger partial charge on any atom is -0.496 e. The van der Waals surface area contributed by atoms with Crippen LogP contribution in [0.3, 0.4) is 0 Å². The number of rotatable bonds is 5. The van der Waals surface area contributed by atoms with Crippen LogP contribution >= 0.6 is 0 Å². The number of ether oxygens (including phenoxy) is 2. The molecular weight excluding hydrogens is 275 g/mol. The van der Waals surface area contributed by atoms with Crippen LogP contribution in [0.25, 0.3) is 0 Å². The summed E-state index contributed by atoms with van der Waals surface area (Å²) in [6, 6.07) is 9.01. The summed E-state index contributed by atoms with van der Waals surface area (Å²) in [5.74, 6) is -0.703. The summed E-state index contributed by atoms with van der Waals surface area (Å²) >= 11 is 0. The molecule has 0 saturated heterocycles. The van der Waals surface area contributed by atoms with E-state index in [1.165, 1.54) is 25.3 Å².